The number of aliphatic hydroxyl groups excluding tert-OH is 1. The van der Waals surface area contributed by atoms with Gasteiger partial charge in [-0.3, -0.25) is 0 Å². The number of benzene rings is 1. The van der Waals surface area contributed by atoms with Crippen molar-refractivity contribution in [1.29, 1.82) is 0 Å². The van der Waals surface area contributed by atoms with Crippen LogP contribution in [0.1, 0.15) is 12.6 Å². The minimum absolute atomic E-state index is 0.149. The van der Waals surface area contributed by atoms with Crippen molar-refractivity contribution in [3.63, 3.8) is 0 Å². The zero-order valence-electron chi connectivity index (χ0n) is 14.7. The molecule has 0 unspecified atom stereocenters. The number of rotatable bonds is 5. The van der Waals surface area contributed by atoms with E-state index in [0.29, 0.717) is 37.0 Å². The van der Waals surface area contributed by atoms with Crippen LogP contribution in [0.4, 0.5) is 16.3 Å². The highest BCUT2D eigenvalue weighted by molar-refractivity contribution is 5.89. The number of carbonyl (C=O) groups is 1. The van der Waals surface area contributed by atoms with Crippen LogP contribution >= 0.6 is 0 Å². The molecule has 2 heterocycles. The van der Waals surface area contributed by atoms with E-state index in [4.69, 9.17) is 4.74 Å². The van der Waals surface area contributed by atoms with Gasteiger partial charge in [0, 0.05) is 37.0 Å². The van der Waals surface area contributed by atoms with Crippen LogP contribution in [0, 0.1) is 0 Å². The Morgan fingerprint density at radius 1 is 1.23 bits per heavy atom. The Morgan fingerprint density at radius 3 is 2.62 bits per heavy atom. The Kier molecular flexibility index (Phi) is 5.98. The number of amides is 2. The number of ether oxygens (including phenoxy) is 1. The van der Waals surface area contributed by atoms with Gasteiger partial charge < -0.3 is 25.4 Å². The van der Waals surface area contributed by atoms with E-state index in [1.54, 1.807) is 18.2 Å². The Morgan fingerprint density at radius 2 is 1.96 bits per heavy atom. The van der Waals surface area contributed by atoms with Gasteiger partial charge in [-0.2, -0.15) is 0 Å². The number of carbonyl (C=O) groups excluding carboxylic acids is 1. The first-order valence-corrected chi connectivity index (χ1v) is 8.66. The van der Waals surface area contributed by atoms with Gasteiger partial charge in [-0.15, -0.1) is 0 Å². The molecule has 2 amide bonds. The second-order valence-corrected chi connectivity index (χ2v) is 5.86. The van der Waals surface area contributed by atoms with Crippen LogP contribution in [-0.2, 0) is 11.3 Å². The standard InChI is InChI=1S/C18H23N5O3/c1-2-19-18(25)21-14-5-3-13(4-6-14)17-20-15(12-24)11-16(22-17)23-7-9-26-10-8-23/h3-6,11,24H,2,7-10,12H2,1H3,(H2,19,21,25). The van der Waals surface area contributed by atoms with Crippen molar-refractivity contribution in [3.05, 3.63) is 36.0 Å². The zero-order valence-corrected chi connectivity index (χ0v) is 14.7. The van der Waals surface area contributed by atoms with Gasteiger partial charge in [-0.05, 0) is 31.2 Å². The quantitative estimate of drug-likeness (QED) is 0.752. The topological polar surface area (TPSA) is 99.6 Å². The minimum atomic E-state index is -0.242. The van der Waals surface area contributed by atoms with Crippen molar-refractivity contribution in [2.75, 3.05) is 43.1 Å². The Bertz CT molecular complexity index is 745. The number of nitrogens with zero attached hydrogens (tertiary/aromatic N) is 3. The fraction of sp³-hybridized carbons (Fsp3) is 0.389. The number of nitrogens with one attached hydrogen (secondary N) is 2. The van der Waals surface area contributed by atoms with E-state index in [0.717, 1.165) is 24.5 Å². The first-order chi connectivity index (χ1) is 12.7. The first-order valence-electron chi connectivity index (χ1n) is 8.66. The lowest BCUT2D eigenvalue weighted by molar-refractivity contribution is 0.122. The molecule has 0 aliphatic carbocycles. The number of anilines is 2. The van der Waals surface area contributed by atoms with Crippen LogP contribution in [-0.4, -0.2) is 54.0 Å². The third-order valence-corrected chi connectivity index (χ3v) is 4.00. The predicted molar refractivity (Wildman–Crippen MR) is 99.1 cm³/mol. The van der Waals surface area contributed by atoms with Gasteiger partial charge in [0.2, 0.25) is 0 Å². The molecule has 1 aliphatic rings. The molecule has 0 saturated carbocycles. The Hall–Kier alpha value is -2.71. The molecule has 138 valence electrons. The fourth-order valence-electron chi connectivity index (χ4n) is 2.69. The molecule has 0 atom stereocenters. The molecule has 1 aromatic heterocycles. The summed E-state index contributed by atoms with van der Waals surface area (Å²) in [7, 11) is 0. The fourth-order valence-corrected chi connectivity index (χ4v) is 2.69. The van der Waals surface area contributed by atoms with Gasteiger partial charge in [0.05, 0.1) is 25.5 Å². The van der Waals surface area contributed by atoms with E-state index < -0.39 is 0 Å². The molecule has 8 heteroatoms. The summed E-state index contributed by atoms with van der Waals surface area (Å²) in [5.41, 5.74) is 2.07. The van der Waals surface area contributed by atoms with Crippen LogP contribution in [0.25, 0.3) is 11.4 Å². The second-order valence-electron chi connectivity index (χ2n) is 5.86. The SMILES string of the molecule is CCNC(=O)Nc1ccc(-c2nc(CO)cc(N3CCOCC3)n2)cc1. The first kappa shape index (κ1) is 18.1. The van der Waals surface area contributed by atoms with Gasteiger partial charge in [-0.25, -0.2) is 14.8 Å². The van der Waals surface area contributed by atoms with Gasteiger partial charge in [-0.1, -0.05) is 0 Å². The van der Waals surface area contributed by atoms with Crippen molar-refractivity contribution in [1.82, 2.24) is 15.3 Å². The van der Waals surface area contributed by atoms with Crippen LogP contribution in [0.15, 0.2) is 30.3 Å². The van der Waals surface area contributed by atoms with Crippen LogP contribution in [0.5, 0.6) is 0 Å². The zero-order chi connectivity index (χ0) is 18.4. The second kappa shape index (κ2) is 8.59. The average Bonchev–Trinajstić information content (AvgIpc) is 2.69. The van der Waals surface area contributed by atoms with E-state index in [9.17, 15) is 9.90 Å². The van der Waals surface area contributed by atoms with E-state index in [1.165, 1.54) is 0 Å². The minimum Gasteiger partial charge on any atom is -0.390 e. The summed E-state index contributed by atoms with van der Waals surface area (Å²) in [5.74, 6) is 1.33. The molecule has 1 saturated heterocycles. The molecule has 1 aromatic carbocycles. The molecule has 26 heavy (non-hydrogen) atoms. The highest BCUT2D eigenvalue weighted by Gasteiger charge is 2.15. The lowest BCUT2D eigenvalue weighted by Gasteiger charge is -2.28. The number of hydrogen-bond donors (Lipinski definition) is 3. The summed E-state index contributed by atoms with van der Waals surface area (Å²) < 4.78 is 5.38. The number of morpholine rings is 1. The third-order valence-electron chi connectivity index (χ3n) is 4.00. The van der Waals surface area contributed by atoms with Crippen molar-refractivity contribution >= 4 is 17.5 Å². The lowest BCUT2D eigenvalue weighted by Crippen LogP contribution is -2.37. The summed E-state index contributed by atoms with van der Waals surface area (Å²) in [4.78, 5) is 22.8. The largest absolute Gasteiger partial charge is 0.390 e. The van der Waals surface area contributed by atoms with Crippen molar-refractivity contribution in [2.45, 2.75) is 13.5 Å². The number of aromatic nitrogens is 2. The summed E-state index contributed by atoms with van der Waals surface area (Å²) in [6, 6.07) is 8.86. The van der Waals surface area contributed by atoms with E-state index in [2.05, 4.69) is 25.5 Å². The highest BCUT2D eigenvalue weighted by Crippen LogP contribution is 2.22. The average molecular weight is 357 g/mol. The molecule has 0 radical (unpaired) electrons. The van der Waals surface area contributed by atoms with Crippen LogP contribution < -0.4 is 15.5 Å². The molecule has 8 nitrogen and oxygen atoms in total. The van der Waals surface area contributed by atoms with E-state index >= 15 is 0 Å². The van der Waals surface area contributed by atoms with Crippen molar-refractivity contribution in [2.24, 2.45) is 0 Å². The Labute approximate surface area is 152 Å². The smallest absolute Gasteiger partial charge is 0.319 e. The Balaban J connectivity index is 1.82. The maximum Gasteiger partial charge on any atom is 0.319 e. The molecule has 1 fully saturated rings. The van der Waals surface area contributed by atoms with Gasteiger partial charge in [0.15, 0.2) is 5.82 Å². The third kappa shape index (κ3) is 4.47. The highest BCUT2D eigenvalue weighted by atomic mass is 16.5. The molecule has 0 spiro atoms. The summed E-state index contributed by atoms with van der Waals surface area (Å²) in [5, 5.41) is 15.0. The van der Waals surface area contributed by atoms with Crippen molar-refractivity contribution < 1.29 is 14.6 Å². The molecule has 3 rings (SSSR count). The maximum atomic E-state index is 11.6. The summed E-state index contributed by atoms with van der Waals surface area (Å²) in [6.45, 7) is 5.12. The molecular weight excluding hydrogens is 334 g/mol. The van der Waals surface area contributed by atoms with Crippen LogP contribution in [0.3, 0.4) is 0 Å². The summed E-state index contributed by atoms with van der Waals surface area (Å²) >= 11 is 0. The maximum absolute atomic E-state index is 11.6. The number of hydrogen-bond acceptors (Lipinski definition) is 6. The molecule has 3 N–H and O–H groups in total. The number of urea groups is 1. The normalized spacial score (nSPS) is 14.2. The molecule has 1 aliphatic heterocycles. The van der Waals surface area contributed by atoms with Crippen molar-refractivity contribution in [3.8, 4) is 11.4 Å². The molecular formula is C18H23N5O3. The van der Waals surface area contributed by atoms with E-state index in [1.807, 2.05) is 19.1 Å². The monoisotopic (exact) mass is 357 g/mol. The number of aliphatic hydroxyl groups is 1. The van der Waals surface area contributed by atoms with Gasteiger partial charge >= 0.3 is 6.03 Å². The van der Waals surface area contributed by atoms with Gasteiger partial charge in [0.25, 0.3) is 0 Å². The lowest BCUT2D eigenvalue weighted by atomic mass is 10.2. The summed E-state index contributed by atoms with van der Waals surface area (Å²) in [6.07, 6.45) is 0. The predicted octanol–water partition coefficient (Wildman–Crippen LogP) is 1.61. The van der Waals surface area contributed by atoms with E-state index in [-0.39, 0.29) is 12.6 Å². The molecule has 0 bridgehead atoms. The molecule has 2 aromatic rings. The van der Waals surface area contributed by atoms with Gasteiger partial charge in [0.1, 0.15) is 5.82 Å². The van der Waals surface area contributed by atoms with Crippen LogP contribution in [0.2, 0.25) is 0 Å².